The molecule has 0 saturated heterocycles. The minimum Gasteiger partial charge on any atom is -0.394 e. The van der Waals surface area contributed by atoms with Crippen molar-refractivity contribution in [3.63, 3.8) is 0 Å². The Morgan fingerprint density at radius 1 is 1.21 bits per heavy atom. The molecule has 0 aliphatic heterocycles. The SMILES string of the molecule is Cc1nn(C(C)C)c(NC(C)C2CCCCC2)c1N. The van der Waals surface area contributed by atoms with Crippen molar-refractivity contribution in [2.75, 3.05) is 11.1 Å². The molecule has 1 aromatic heterocycles. The highest BCUT2D eigenvalue weighted by Gasteiger charge is 2.23. The lowest BCUT2D eigenvalue weighted by Crippen LogP contribution is -2.29. The molecule has 4 heteroatoms. The average molecular weight is 264 g/mol. The number of anilines is 2. The van der Waals surface area contributed by atoms with Crippen molar-refractivity contribution in [3.8, 4) is 0 Å². The van der Waals surface area contributed by atoms with Crippen LogP contribution in [0.1, 0.15) is 64.6 Å². The predicted octanol–water partition coefficient (Wildman–Crippen LogP) is 3.74. The molecule has 2 rings (SSSR count). The summed E-state index contributed by atoms with van der Waals surface area (Å²) in [5.74, 6) is 1.77. The number of hydrogen-bond acceptors (Lipinski definition) is 3. The number of hydrogen-bond donors (Lipinski definition) is 2. The van der Waals surface area contributed by atoms with E-state index < -0.39 is 0 Å². The van der Waals surface area contributed by atoms with Gasteiger partial charge in [-0.15, -0.1) is 0 Å². The Morgan fingerprint density at radius 3 is 2.42 bits per heavy atom. The molecule has 0 spiro atoms. The van der Waals surface area contributed by atoms with Crippen molar-refractivity contribution in [1.29, 1.82) is 0 Å². The van der Waals surface area contributed by atoms with E-state index in [9.17, 15) is 0 Å². The Labute approximate surface area is 116 Å². The maximum absolute atomic E-state index is 6.17. The molecular weight excluding hydrogens is 236 g/mol. The van der Waals surface area contributed by atoms with Crippen LogP contribution in [0.2, 0.25) is 0 Å². The molecule has 1 aliphatic carbocycles. The van der Waals surface area contributed by atoms with Gasteiger partial charge in [-0.1, -0.05) is 19.3 Å². The van der Waals surface area contributed by atoms with Gasteiger partial charge >= 0.3 is 0 Å². The molecule has 0 aromatic carbocycles. The first-order chi connectivity index (χ1) is 9.00. The van der Waals surface area contributed by atoms with Gasteiger partial charge in [0.1, 0.15) is 5.82 Å². The normalized spacial score (nSPS) is 18.8. The minimum atomic E-state index is 0.331. The molecule has 0 radical (unpaired) electrons. The molecule has 1 heterocycles. The Balaban J connectivity index is 2.13. The van der Waals surface area contributed by atoms with Crippen LogP contribution in [0.15, 0.2) is 0 Å². The molecule has 1 aliphatic rings. The second-order valence-corrected chi connectivity index (χ2v) is 6.22. The van der Waals surface area contributed by atoms with Gasteiger partial charge in [0.15, 0.2) is 0 Å². The van der Waals surface area contributed by atoms with Gasteiger partial charge in [0.25, 0.3) is 0 Å². The average Bonchev–Trinajstić information content (AvgIpc) is 2.68. The van der Waals surface area contributed by atoms with E-state index in [1.54, 1.807) is 0 Å². The second-order valence-electron chi connectivity index (χ2n) is 6.22. The van der Waals surface area contributed by atoms with Crippen LogP contribution in [-0.2, 0) is 0 Å². The fourth-order valence-electron chi connectivity index (χ4n) is 3.05. The van der Waals surface area contributed by atoms with Crippen molar-refractivity contribution in [2.24, 2.45) is 5.92 Å². The fourth-order valence-corrected chi connectivity index (χ4v) is 3.05. The summed E-state index contributed by atoms with van der Waals surface area (Å²) in [7, 11) is 0. The monoisotopic (exact) mass is 264 g/mol. The van der Waals surface area contributed by atoms with Crippen LogP contribution in [0.5, 0.6) is 0 Å². The van der Waals surface area contributed by atoms with Gasteiger partial charge in [0, 0.05) is 12.1 Å². The summed E-state index contributed by atoms with van der Waals surface area (Å²) in [4.78, 5) is 0. The van der Waals surface area contributed by atoms with E-state index in [-0.39, 0.29) is 0 Å². The highest BCUT2D eigenvalue weighted by molar-refractivity contribution is 5.65. The molecular formula is C15H28N4. The van der Waals surface area contributed by atoms with Crippen molar-refractivity contribution in [3.05, 3.63) is 5.69 Å². The summed E-state index contributed by atoms with van der Waals surface area (Å²) >= 11 is 0. The zero-order chi connectivity index (χ0) is 14.0. The third-order valence-corrected chi connectivity index (χ3v) is 4.34. The molecule has 1 atom stereocenters. The van der Waals surface area contributed by atoms with E-state index in [2.05, 4.69) is 31.2 Å². The number of rotatable bonds is 4. The van der Waals surface area contributed by atoms with E-state index in [4.69, 9.17) is 5.73 Å². The van der Waals surface area contributed by atoms with E-state index in [0.29, 0.717) is 12.1 Å². The summed E-state index contributed by atoms with van der Waals surface area (Å²) in [6.07, 6.45) is 6.81. The highest BCUT2D eigenvalue weighted by Crippen LogP contribution is 2.31. The topological polar surface area (TPSA) is 55.9 Å². The zero-order valence-corrected chi connectivity index (χ0v) is 12.7. The van der Waals surface area contributed by atoms with Crippen LogP contribution in [0.4, 0.5) is 11.5 Å². The number of nitrogens with zero attached hydrogens (tertiary/aromatic N) is 2. The second kappa shape index (κ2) is 5.85. The largest absolute Gasteiger partial charge is 0.394 e. The van der Waals surface area contributed by atoms with Crippen molar-refractivity contribution in [1.82, 2.24) is 9.78 Å². The molecule has 19 heavy (non-hydrogen) atoms. The van der Waals surface area contributed by atoms with E-state index >= 15 is 0 Å². The lowest BCUT2D eigenvalue weighted by molar-refractivity contribution is 0.327. The van der Waals surface area contributed by atoms with Crippen LogP contribution >= 0.6 is 0 Å². The maximum Gasteiger partial charge on any atom is 0.148 e. The van der Waals surface area contributed by atoms with Crippen molar-refractivity contribution >= 4 is 11.5 Å². The third kappa shape index (κ3) is 3.04. The molecule has 1 saturated carbocycles. The van der Waals surface area contributed by atoms with Crippen molar-refractivity contribution < 1.29 is 0 Å². The molecule has 4 nitrogen and oxygen atoms in total. The van der Waals surface area contributed by atoms with Gasteiger partial charge in [-0.3, -0.25) is 0 Å². The number of nitrogens with two attached hydrogens (primary N) is 1. The summed E-state index contributed by atoms with van der Waals surface area (Å²) < 4.78 is 2.02. The third-order valence-electron chi connectivity index (χ3n) is 4.34. The number of nitrogen functional groups attached to an aromatic ring is 1. The first-order valence-corrected chi connectivity index (χ1v) is 7.61. The van der Waals surface area contributed by atoms with Crippen LogP contribution in [0.25, 0.3) is 0 Å². The lowest BCUT2D eigenvalue weighted by Gasteiger charge is -2.29. The van der Waals surface area contributed by atoms with Gasteiger partial charge in [-0.2, -0.15) is 5.10 Å². The van der Waals surface area contributed by atoms with Gasteiger partial charge in [0.05, 0.1) is 11.4 Å². The quantitative estimate of drug-likeness (QED) is 0.871. The van der Waals surface area contributed by atoms with Gasteiger partial charge in [-0.25, -0.2) is 4.68 Å². The number of aryl methyl sites for hydroxylation is 1. The molecule has 0 bridgehead atoms. The maximum atomic E-state index is 6.17. The Hall–Kier alpha value is -1.19. The molecule has 3 N–H and O–H groups in total. The highest BCUT2D eigenvalue weighted by atomic mass is 15.4. The number of nitrogens with one attached hydrogen (secondary N) is 1. The lowest BCUT2D eigenvalue weighted by atomic mass is 9.84. The standard InChI is InChI=1S/C15H28N4/c1-10(2)19-15(14(16)12(4)18-19)17-11(3)13-8-6-5-7-9-13/h10-11,13,17H,5-9,16H2,1-4H3. The summed E-state index contributed by atoms with van der Waals surface area (Å²) in [5.41, 5.74) is 7.90. The first kappa shape index (κ1) is 14.2. The van der Waals surface area contributed by atoms with Gasteiger partial charge in [0.2, 0.25) is 0 Å². The smallest absolute Gasteiger partial charge is 0.148 e. The Kier molecular flexibility index (Phi) is 4.38. The minimum absolute atomic E-state index is 0.331. The predicted molar refractivity (Wildman–Crippen MR) is 81.4 cm³/mol. The molecule has 1 aromatic rings. The molecule has 1 fully saturated rings. The summed E-state index contributed by atoms with van der Waals surface area (Å²) in [6.45, 7) is 8.54. The summed E-state index contributed by atoms with van der Waals surface area (Å²) in [5, 5.41) is 8.16. The van der Waals surface area contributed by atoms with E-state index in [1.807, 2.05) is 11.6 Å². The van der Waals surface area contributed by atoms with Gasteiger partial charge in [-0.05, 0) is 46.5 Å². The summed E-state index contributed by atoms with van der Waals surface area (Å²) in [6, 6.07) is 0.799. The molecule has 108 valence electrons. The zero-order valence-electron chi connectivity index (χ0n) is 12.7. The van der Waals surface area contributed by atoms with Crippen LogP contribution in [-0.4, -0.2) is 15.8 Å². The van der Waals surface area contributed by atoms with Crippen LogP contribution < -0.4 is 11.1 Å². The van der Waals surface area contributed by atoms with Gasteiger partial charge < -0.3 is 11.1 Å². The molecule has 0 amide bonds. The molecule has 1 unspecified atom stereocenters. The Bertz CT molecular complexity index is 416. The first-order valence-electron chi connectivity index (χ1n) is 7.61. The van der Waals surface area contributed by atoms with Crippen LogP contribution in [0, 0.1) is 12.8 Å². The fraction of sp³-hybridized carbons (Fsp3) is 0.800. The Morgan fingerprint density at radius 2 is 1.84 bits per heavy atom. The van der Waals surface area contributed by atoms with E-state index in [0.717, 1.165) is 23.1 Å². The van der Waals surface area contributed by atoms with E-state index in [1.165, 1.54) is 32.1 Å². The van der Waals surface area contributed by atoms with Crippen molar-refractivity contribution in [2.45, 2.75) is 71.9 Å². The van der Waals surface area contributed by atoms with Crippen LogP contribution in [0.3, 0.4) is 0 Å². The number of aromatic nitrogens is 2.